The molecule has 3 heteroatoms. The lowest BCUT2D eigenvalue weighted by Gasteiger charge is -2.05. The Kier molecular flexibility index (Phi) is 4.18. The summed E-state index contributed by atoms with van der Waals surface area (Å²) in [5.41, 5.74) is 6.90. The van der Waals surface area contributed by atoms with E-state index in [9.17, 15) is 0 Å². The molecule has 0 saturated carbocycles. The van der Waals surface area contributed by atoms with E-state index < -0.39 is 0 Å². The molecule has 0 aliphatic rings. The molecule has 17 heavy (non-hydrogen) atoms. The van der Waals surface area contributed by atoms with Crippen LogP contribution in [-0.4, -0.2) is 0 Å². The maximum atomic E-state index is 5.72. The molecule has 2 N–H and O–H groups in total. The van der Waals surface area contributed by atoms with Crippen LogP contribution in [0.4, 0.5) is 0 Å². The Morgan fingerprint density at radius 3 is 2.35 bits per heavy atom. The SMILES string of the molecule is CCc1ccc(OCc2ccc(CN)s2)cc1. The predicted octanol–water partition coefficient (Wildman–Crippen LogP) is 3.35. The van der Waals surface area contributed by atoms with Crippen LogP contribution in [0.3, 0.4) is 0 Å². The van der Waals surface area contributed by atoms with Crippen LogP contribution in [0.25, 0.3) is 0 Å². The number of aryl methyl sites for hydroxylation is 1. The highest BCUT2D eigenvalue weighted by atomic mass is 32.1. The minimum absolute atomic E-state index is 0.607. The largest absolute Gasteiger partial charge is 0.488 e. The first-order chi connectivity index (χ1) is 8.31. The van der Waals surface area contributed by atoms with E-state index in [-0.39, 0.29) is 0 Å². The van der Waals surface area contributed by atoms with Gasteiger partial charge in [0.1, 0.15) is 12.4 Å². The number of hydrogen-bond donors (Lipinski definition) is 1. The minimum atomic E-state index is 0.607. The lowest BCUT2D eigenvalue weighted by Crippen LogP contribution is -1.93. The van der Waals surface area contributed by atoms with Crippen molar-refractivity contribution in [3.05, 3.63) is 51.7 Å². The summed E-state index contributed by atoms with van der Waals surface area (Å²) in [5.74, 6) is 0.921. The van der Waals surface area contributed by atoms with Gasteiger partial charge in [-0.05, 0) is 36.2 Å². The Hall–Kier alpha value is -1.32. The zero-order valence-corrected chi connectivity index (χ0v) is 10.8. The van der Waals surface area contributed by atoms with Gasteiger partial charge in [0.2, 0.25) is 0 Å². The first-order valence-corrected chi connectivity index (χ1v) is 6.63. The highest BCUT2D eigenvalue weighted by Crippen LogP contribution is 2.19. The highest BCUT2D eigenvalue weighted by molar-refractivity contribution is 7.11. The van der Waals surface area contributed by atoms with Gasteiger partial charge in [-0.2, -0.15) is 0 Å². The van der Waals surface area contributed by atoms with Crippen molar-refractivity contribution in [2.75, 3.05) is 0 Å². The Balaban J connectivity index is 1.92. The van der Waals surface area contributed by atoms with Gasteiger partial charge in [-0.25, -0.2) is 0 Å². The first-order valence-electron chi connectivity index (χ1n) is 5.81. The average Bonchev–Trinajstić information content (AvgIpc) is 2.85. The molecule has 2 aromatic rings. The zero-order valence-electron chi connectivity index (χ0n) is 9.98. The van der Waals surface area contributed by atoms with E-state index in [0.29, 0.717) is 13.2 Å². The van der Waals surface area contributed by atoms with E-state index in [4.69, 9.17) is 10.5 Å². The van der Waals surface area contributed by atoms with Crippen LogP contribution in [0, 0.1) is 0 Å². The predicted molar refractivity (Wildman–Crippen MR) is 72.4 cm³/mol. The number of thiophene rings is 1. The highest BCUT2D eigenvalue weighted by Gasteiger charge is 2.00. The third-order valence-corrected chi connectivity index (χ3v) is 3.71. The molecule has 1 aromatic heterocycles. The van der Waals surface area contributed by atoms with Gasteiger partial charge in [0.25, 0.3) is 0 Å². The van der Waals surface area contributed by atoms with Crippen LogP contribution in [0.5, 0.6) is 5.75 Å². The van der Waals surface area contributed by atoms with Crippen molar-refractivity contribution < 1.29 is 4.74 Å². The van der Waals surface area contributed by atoms with Crippen molar-refractivity contribution >= 4 is 11.3 Å². The smallest absolute Gasteiger partial charge is 0.122 e. The summed E-state index contributed by atoms with van der Waals surface area (Å²) >= 11 is 1.71. The minimum Gasteiger partial charge on any atom is -0.488 e. The lowest BCUT2D eigenvalue weighted by molar-refractivity contribution is 0.310. The van der Waals surface area contributed by atoms with Gasteiger partial charge < -0.3 is 10.5 Å². The monoisotopic (exact) mass is 247 g/mol. The third-order valence-electron chi connectivity index (χ3n) is 2.63. The summed E-state index contributed by atoms with van der Waals surface area (Å²) in [6.07, 6.45) is 1.06. The molecule has 2 rings (SSSR count). The fraction of sp³-hybridized carbons (Fsp3) is 0.286. The van der Waals surface area contributed by atoms with Gasteiger partial charge >= 0.3 is 0 Å². The molecule has 0 saturated heterocycles. The number of benzene rings is 1. The van der Waals surface area contributed by atoms with E-state index in [1.165, 1.54) is 15.3 Å². The van der Waals surface area contributed by atoms with E-state index in [1.54, 1.807) is 11.3 Å². The van der Waals surface area contributed by atoms with Crippen LogP contribution in [0.15, 0.2) is 36.4 Å². The second kappa shape index (κ2) is 5.84. The van der Waals surface area contributed by atoms with Crippen LogP contribution < -0.4 is 10.5 Å². The van der Waals surface area contributed by atoms with Gasteiger partial charge in [0.15, 0.2) is 0 Å². The number of ether oxygens (including phenoxy) is 1. The Morgan fingerprint density at radius 2 is 1.76 bits per heavy atom. The van der Waals surface area contributed by atoms with Crippen molar-refractivity contribution in [1.29, 1.82) is 0 Å². The Bertz CT molecular complexity index is 461. The van der Waals surface area contributed by atoms with E-state index >= 15 is 0 Å². The fourth-order valence-corrected chi connectivity index (χ4v) is 2.40. The van der Waals surface area contributed by atoms with Gasteiger partial charge in [-0.3, -0.25) is 0 Å². The molecule has 0 aliphatic heterocycles. The van der Waals surface area contributed by atoms with Gasteiger partial charge in [0.05, 0.1) is 0 Å². The molecule has 0 bridgehead atoms. The normalized spacial score (nSPS) is 10.5. The topological polar surface area (TPSA) is 35.2 Å². The molecule has 1 aromatic carbocycles. The quantitative estimate of drug-likeness (QED) is 0.879. The van der Waals surface area contributed by atoms with Crippen molar-refractivity contribution in [3.8, 4) is 5.75 Å². The molecule has 0 radical (unpaired) electrons. The summed E-state index contributed by atoms with van der Waals surface area (Å²) in [5, 5.41) is 0. The molecule has 1 heterocycles. The Morgan fingerprint density at radius 1 is 1.06 bits per heavy atom. The van der Waals surface area contributed by atoms with E-state index in [1.807, 2.05) is 12.1 Å². The third kappa shape index (κ3) is 3.32. The first kappa shape index (κ1) is 12.1. The summed E-state index contributed by atoms with van der Waals surface area (Å²) in [6, 6.07) is 12.4. The Labute approximate surface area is 106 Å². The number of hydrogen-bond acceptors (Lipinski definition) is 3. The van der Waals surface area contributed by atoms with Crippen molar-refractivity contribution in [2.45, 2.75) is 26.5 Å². The molecule has 0 atom stereocenters. The summed E-state index contributed by atoms with van der Waals surface area (Å²) in [4.78, 5) is 2.41. The summed E-state index contributed by atoms with van der Waals surface area (Å²) in [6.45, 7) is 3.38. The van der Waals surface area contributed by atoms with Crippen LogP contribution >= 0.6 is 11.3 Å². The van der Waals surface area contributed by atoms with Gasteiger partial charge in [-0.1, -0.05) is 19.1 Å². The van der Waals surface area contributed by atoms with Crippen LogP contribution in [0.2, 0.25) is 0 Å². The molecule has 0 unspecified atom stereocenters. The fourth-order valence-electron chi connectivity index (χ4n) is 1.59. The van der Waals surface area contributed by atoms with Crippen molar-refractivity contribution in [2.24, 2.45) is 5.73 Å². The van der Waals surface area contributed by atoms with Crippen molar-refractivity contribution in [1.82, 2.24) is 0 Å². The second-order valence-electron chi connectivity index (χ2n) is 3.86. The van der Waals surface area contributed by atoms with Gasteiger partial charge in [-0.15, -0.1) is 11.3 Å². The molecule has 2 nitrogen and oxygen atoms in total. The molecule has 0 amide bonds. The molecule has 0 spiro atoms. The molecular weight excluding hydrogens is 230 g/mol. The second-order valence-corrected chi connectivity index (χ2v) is 5.11. The molecule has 90 valence electrons. The maximum Gasteiger partial charge on any atom is 0.122 e. The number of rotatable bonds is 5. The summed E-state index contributed by atoms with van der Waals surface area (Å²) < 4.78 is 5.72. The van der Waals surface area contributed by atoms with E-state index in [0.717, 1.165) is 12.2 Å². The molecular formula is C14H17NOS. The zero-order chi connectivity index (χ0) is 12.1. The maximum absolute atomic E-state index is 5.72. The standard InChI is InChI=1S/C14H17NOS/c1-2-11-3-5-12(6-4-11)16-10-14-8-7-13(9-15)17-14/h3-8H,2,9-10,15H2,1H3. The van der Waals surface area contributed by atoms with Crippen molar-refractivity contribution in [3.63, 3.8) is 0 Å². The summed E-state index contributed by atoms with van der Waals surface area (Å²) in [7, 11) is 0. The average molecular weight is 247 g/mol. The molecule has 0 aliphatic carbocycles. The van der Waals surface area contributed by atoms with Crippen LogP contribution in [0.1, 0.15) is 22.2 Å². The number of nitrogens with two attached hydrogens (primary N) is 1. The lowest BCUT2D eigenvalue weighted by atomic mass is 10.2. The van der Waals surface area contributed by atoms with Crippen LogP contribution in [-0.2, 0) is 19.6 Å². The molecule has 0 fully saturated rings. The van der Waals surface area contributed by atoms with E-state index in [2.05, 4.69) is 31.2 Å². The van der Waals surface area contributed by atoms with Gasteiger partial charge in [0, 0.05) is 16.3 Å².